The molecule has 5 aromatic heterocycles. The number of aromatic nitrogens is 4. The van der Waals surface area contributed by atoms with Gasteiger partial charge < -0.3 is 14.4 Å². The molecular formula is C47H36IrN4O-2. The molecule has 6 heteroatoms. The van der Waals surface area contributed by atoms with E-state index in [0.29, 0.717) is 5.71 Å². The fourth-order valence-electron chi connectivity index (χ4n) is 6.54. The van der Waals surface area contributed by atoms with Crippen molar-refractivity contribution in [3.63, 3.8) is 0 Å². The molecule has 0 saturated heterocycles. The van der Waals surface area contributed by atoms with Crippen molar-refractivity contribution in [2.45, 2.75) is 34.6 Å². The monoisotopic (exact) mass is 865 g/mol. The van der Waals surface area contributed by atoms with E-state index in [9.17, 15) is 0 Å². The molecule has 0 N–H and O–H groups in total. The van der Waals surface area contributed by atoms with Crippen molar-refractivity contribution < 1.29 is 24.5 Å². The first kappa shape index (κ1) is 35.6. The first-order chi connectivity index (χ1) is 25.3. The van der Waals surface area contributed by atoms with Crippen LogP contribution < -0.4 is 0 Å². The quantitative estimate of drug-likeness (QED) is 0.165. The summed E-state index contributed by atoms with van der Waals surface area (Å²) >= 11 is 0. The molecule has 0 spiro atoms. The Morgan fingerprint density at radius 2 is 1.38 bits per heavy atom. The summed E-state index contributed by atoms with van der Waals surface area (Å²) in [6.45, 7) is 10.4. The molecule has 0 bridgehead atoms. The van der Waals surface area contributed by atoms with Gasteiger partial charge in [0.15, 0.2) is 0 Å². The van der Waals surface area contributed by atoms with E-state index in [0.717, 1.165) is 72.0 Å². The first-order valence-corrected chi connectivity index (χ1v) is 17.4. The molecule has 261 valence electrons. The molecule has 53 heavy (non-hydrogen) atoms. The average Bonchev–Trinajstić information content (AvgIpc) is 3.54. The number of hydrogen-bond acceptors (Lipinski definition) is 5. The minimum absolute atomic E-state index is 0. The topological polar surface area (TPSA) is 64.7 Å². The van der Waals surface area contributed by atoms with Gasteiger partial charge in [-0.2, -0.15) is 0 Å². The van der Waals surface area contributed by atoms with Crippen LogP contribution in [0.1, 0.15) is 27.9 Å². The molecule has 1 radical (unpaired) electrons. The summed E-state index contributed by atoms with van der Waals surface area (Å²) in [5.74, 6) is 0. The molecule has 0 aliphatic rings. The van der Waals surface area contributed by atoms with Crippen LogP contribution in [0.2, 0.25) is 0 Å². The molecular weight excluding hydrogens is 829 g/mol. The zero-order chi connectivity index (χ0) is 35.8. The number of furan rings is 1. The van der Waals surface area contributed by atoms with Gasteiger partial charge in [0.05, 0.1) is 5.58 Å². The van der Waals surface area contributed by atoms with Gasteiger partial charge in [0.25, 0.3) is 0 Å². The van der Waals surface area contributed by atoms with Crippen LogP contribution >= 0.6 is 0 Å². The van der Waals surface area contributed by atoms with Crippen LogP contribution in [-0.4, -0.2) is 19.9 Å². The number of fused-ring (bicyclic) bond motifs is 4. The van der Waals surface area contributed by atoms with Gasteiger partial charge in [-0.3, -0.25) is 4.98 Å². The minimum Gasteiger partial charge on any atom is -0.486 e. The predicted molar refractivity (Wildman–Crippen MR) is 212 cm³/mol. The third kappa shape index (κ3) is 7.17. The van der Waals surface area contributed by atoms with Crippen molar-refractivity contribution in [1.82, 2.24) is 19.9 Å². The molecule has 9 rings (SSSR count). The molecule has 5 heterocycles. The van der Waals surface area contributed by atoms with E-state index in [2.05, 4.69) is 128 Å². The van der Waals surface area contributed by atoms with Crippen LogP contribution in [0.15, 0.2) is 132 Å². The fourth-order valence-corrected chi connectivity index (χ4v) is 6.54. The predicted octanol–water partition coefficient (Wildman–Crippen LogP) is 11.8. The number of benzene rings is 4. The van der Waals surface area contributed by atoms with Gasteiger partial charge in [-0.15, -0.1) is 47.5 Å². The van der Waals surface area contributed by atoms with Crippen LogP contribution in [0, 0.1) is 46.8 Å². The minimum atomic E-state index is 0. The molecule has 0 aliphatic carbocycles. The molecule has 0 atom stereocenters. The number of pyridine rings is 4. The van der Waals surface area contributed by atoms with Crippen LogP contribution in [0.3, 0.4) is 0 Å². The Labute approximate surface area is 323 Å². The zero-order valence-corrected chi connectivity index (χ0v) is 32.5. The van der Waals surface area contributed by atoms with Gasteiger partial charge in [0.1, 0.15) is 0 Å². The van der Waals surface area contributed by atoms with Crippen LogP contribution in [-0.2, 0) is 20.1 Å². The van der Waals surface area contributed by atoms with Gasteiger partial charge in [0, 0.05) is 61.4 Å². The van der Waals surface area contributed by atoms with Gasteiger partial charge >= 0.3 is 0 Å². The largest absolute Gasteiger partial charge is 0.486 e. The Hall–Kier alpha value is -5.81. The summed E-state index contributed by atoms with van der Waals surface area (Å²) in [7, 11) is 0. The van der Waals surface area contributed by atoms with Gasteiger partial charge in [-0.1, -0.05) is 83.6 Å². The van der Waals surface area contributed by atoms with E-state index < -0.39 is 0 Å². The SMILES string of the molecule is Cc1ccc2c(n1)oc1c(-c3cc(-c4ccc5cnccc5c4)c(C)cn3)[c-]ccc12.Cc1cnc(-c2[c-]cc(C)c(-c3ccccc3)c2)cc1C.[Ir]. The van der Waals surface area contributed by atoms with Crippen molar-refractivity contribution in [2.75, 3.05) is 0 Å². The fraction of sp³-hybridized carbons (Fsp3) is 0.106. The zero-order valence-electron chi connectivity index (χ0n) is 30.2. The van der Waals surface area contributed by atoms with E-state index in [1.807, 2.05) is 62.0 Å². The van der Waals surface area contributed by atoms with E-state index in [4.69, 9.17) is 9.40 Å². The Bertz CT molecular complexity index is 2750. The van der Waals surface area contributed by atoms with Crippen molar-refractivity contribution in [3.05, 3.63) is 168 Å². The third-order valence-electron chi connectivity index (χ3n) is 9.64. The Morgan fingerprint density at radius 3 is 2.21 bits per heavy atom. The van der Waals surface area contributed by atoms with Crippen molar-refractivity contribution in [2.24, 2.45) is 0 Å². The summed E-state index contributed by atoms with van der Waals surface area (Å²) in [6.07, 6.45) is 7.56. The number of rotatable bonds is 4. The van der Waals surface area contributed by atoms with E-state index in [1.165, 1.54) is 27.8 Å². The molecule has 0 saturated carbocycles. The van der Waals surface area contributed by atoms with Crippen molar-refractivity contribution in [3.8, 4) is 44.8 Å². The van der Waals surface area contributed by atoms with Crippen LogP contribution in [0.4, 0.5) is 0 Å². The van der Waals surface area contributed by atoms with Gasteiger partial charge in [-0.05, 0) is 96.6 Å². The Kier molecular flexibility index (Phi) is 10.1. The second kappa shape index (κ2) is 15.0. The number of nitrogens with zero attached hydrogens (tertiary/aromatic N) is 4. The maximum absolute atomic E-state index is 6.16. The molecule has 4 aromatic carbocycles. The van der Waals surface area contributed by atoms with Crippen LogP contribution in [0.5, 0.6) is 0 Å². The van der Waals surface area contributed by atoms with Crippen LogP contribution in [0.25, 0.3) is 77.6 Å². The van der Waals surface area contributed by atoms with E-state index in [-0.39, 0.29) is 20.1 Å². The Balaban J connectivity index is 0.000000174. The van der Waals surface area contributed by atoms with Gasteiger partial charge in [-0.25, -0.2) is 4.98 Å². The van der Waals surface area contributed by atoms with Crippen molar-refractivity contribution >= 4 is 32.8 Å². The third-order valence-corrected chi connectivity index (χ3v) is 9.64. The summed E-state index contributed by atoms with van der Waals surface area (Å²) in [6, 6.07) is 42.1. The van der Waals surface area contributed by atoms with E-state index >= 15 is 0 Å². The average molecular weight is 865 g/mol. The molecule has 0 amide bonds. The molecule has 9 aromatic rings. The summed E-state index contributed by atoms with van der Waals surface area (Å²) in [5.41, 5.74) is 15.6. The smallest absolute Gasteiger partial charge is 0.216 e. The molecule has 0 aliphatic heterocycles. The maximum Gasteiger partial charge on any atom is 0.216 e. The standard InChI is InChI=1S/C27H18N3O.C20H18N.Ir/c1-16-14-29-25(13-24(16)19-7-8-20-15-28-11-10-18(20)12-19)23-5-3-4-21-22-9-6-17(2)30-27(22)31-26(21)23;1-14-9-10-18(20-11-15(2)16(3)13-21-20)12-19(14)17-7-5-4-6-8-17;/h3-4,6-15H,1-2H3;4-9,11-13H,1-3H3;/q2*-1;. The first-order valence-electron chi connectivity index (χ1n) is 17.4. The summed E-state index contributed by atoms with van der Waals surface area (Å²) < 4.78 is 6.16. The van der Waals surface area contributed by atoms with E-state index in [1.54, 1.807) is 0 Å². The number of hydrogen-bond donors (Lipinski definition) is 0. The Morgan fingerprint density at radius 1 is 0.585 bits per heavy atom. The van der Waals surface area contributed by atoms with Crippen molar-refractivity contribution in [1.29, 1.82) is 0 Å². The summed E-state index contributed by atoms with van der Waals surface area (Å²) in [4.78, 5) is 18.0. The molecule has 5 nitrogen and oxygen atoms in total. The second-order valence-electron chi connectivity index (χ2n) is 13.3. The molecule has 0 fully saturated rings. The second-order valence-corrected chi connectivity index (χ2v) is 13.3. The maximum atomic E-state index is 6.16. The normalized spacial score (nSPS) is 11.0. The number of aryl methyl sites for hydroxylation is 5. The molecule has 0 unspecified atom stereocenters. The van der Waals surface area contributed by atoms with Gasteiger partial charge in [0.2, 0.25) is 5.71 Å². The summed E-state index contributed by atoms with van der Waals surface area (Å²) in [5, 5.41) is 4.32.